The molecule has 0 saturated heterocycles. The van der Waals surface area contributed by atoms with E-state index in [0.29, 0.717) is 55.7 Å². The summed E-state index contributed by atoms with van der Waals surface area (Å²) in [5, 5.41) is 3.38. The Morgan fingerprint density at radius 3 is 2.80 bits per heavy atom. The fraction of sp³-hybridized carbons (Fsp3) is 0.316. The number of carbonyl (C=O) groups is 1. The highest BCUT2D eigenvalue weighted by atomic mass is 35.5. The van der Waals surface area contributed by atoms with Crippen LogP contribution in [0.1, 0.15) is 18.4 Å². The summed E-state index contributed by atoms with van der Waals surface area (Å²) in [6, 6.07) is 13.2. The predicted octanol–water partition coefficient (Wildman–Crippen LogP) is 3.59. The van der Waals surface area contributed by atoms with E-state index in [1.54, 1.807) is 6.07 Å². The summed E-state index contributed by atoms with van der Waals surface area (Å²) >= 11 is 6.19. The molecule has 2 aromatic rings. The first-order valence-electron chi connectivity index (χ1n) is 8.25. The van der Waals surface area contributed by atoms with E-state index in [0.717, 1.165) is 11.3 Å². The lowest BCUT2D eigenvalue weighted by Crippen LogP contribution is -2.23. The van der Waals surface area contributed by atoms with Crippen LogP contribution in [-0.2, 0) is 11.3 Å². The number of ether oxygens (including phenoxy) is 3. The highest BCUT2D eigenvalue weighted by molar-refractivity contribution is 6.32. The van der Waals surface area contributed by atoms with Crippen molar-refractivity contribution in [2.24, 2.45) is 0 Å². The average molecular weight is 362 g/mol. The largest absolute Gasteiger partial charge is 0.494 e. The summed E-state index contributed by atoms with van der Waals surface area (Å²) in [6.45, 7) is 1.90. The van der Waals surface area contributed by atoms with Crippen LogP contribution in [-0.4, -0.2) is 25.7 Å². The minimum absolute atomic E-state index is 0.0253. The van der Waals surface area contributed by atoms with Crippen molar-refractivity contribution < 1.29 is 19.0 Å². The molecule has 1 N–H and O–H groups in total. The number of benzene rings is 2. The molecular weight excluding hydrogens is 342 g/mol. The molecule has 3 rings (SSSR count). The van der Waals surface area contributed by atoms with Gasteiger partial charge in [0.05, 0.1) is 11.6 Å². The molecule has 1 aliphatic rings. The molecule has 1 aliphatic heterocycles. The van der Waals surface area contributed by atoms with E-state index in [2.05, 4.69) is 5.32 Å². The zero-order chi connectivity index (χ0) is 17.5. The van der Waals surface area contributed by atoms with E-state index in [4.69, 9.17) is 25.8 Å². The van der Waals surface area contributed by atoms with Gasteiger partial charge in [-0.2, -0.15) is 0 Å². The number of carbonyl (C=O) groups excluding carboxylic acids is 1. The van der Waals surface area contributed by atoms with Gasteiger partial charge in [0, 0.05) is 13.0 Å². The van der Waals surface area contributed by atoms with E-state index in [-0.39, 0.29) is 5.91 Å². The van der Waals surface area contributed by atoms with Gasteiger partial charge in [0.1, 0.15) is 19.0 Å². The maximum Gasteiger partial charge on any atom is 0.220 e. The lowest BCUT2D eigenvalue weighted by molar-refractivity contribution is -0.121. The van der Waals surface area contributed by atoms with Crippen LogP contribution in [0.5, 0.6) is 17.2 Å². The van der Waals surface area contributed by atoms with Gasteiger partial charge in [0.15, 0.2) is 11.5 Å². The average Bonchev–Trinajstić information content (AvgIpc) is 2.64. The highest BCUT2D eigenvalue weighted by Gasteiger charge is 2.16. The summed E-state index contributed by atoms with van der Waals surface area (Å²) in [5.41, 5.74) is 0.878. The lowest BCUT2D eigenvalue weighted by Gasteiger charge is -2.20. The lowest BCUT2D eigenvalue weighted by atomic mass is 10.2. The summed E-state index contributed by atoms with van der Waals surface area (Å²) in [5.74, 6) is 1.98. The molecule has 0 bridgehead atoms. The SMILES string of the molecule is O=C(CCCOc1ccccc1)NCc1cc(Cl)c2c(c1)OCCO2. The third-order valence-corrected chi connectivity index (χ3v) is 3.99. The first-order valence-corrected chi connectivity index (χ1v) is 8.63. The van der Waals surface area contributed by atoms with Gasteiger partial charge < -0.3 is 19.5 Å². The van der Waals surface area contributed by atoms with E-state index in [9.17, 15) is 4.79 Å². The number of hydrogen-bond donors (Lipinski definition) is 1. The third-order valence-electron chi connectivity index (χ3n) is 3.71. The van der Waals surface area contributed by atoms with E-state index < -0.39 is 0 Å². The summed E-state index contributed by atoms with van der Waals surface area (Å²) in [4.78, 5) is 11.9. The Morgan fingerprint density at radius 2 is 1.96 bits per heavy atom. The molecule has 6 heteroatoms. The van der Waals surface area contributed by atoms with E-state index >= 15 is 0 Å². The quantitative estimate of drug-likeness (QED) is 0.766. The van der Waals surface area contributed by atoms with E-state index in [1.807, 2.05) is 36.4 Å². The van der Waals surface area contributed by atoms with Crippen molar-refractivity contribution in [1.82, 2.24) is 5.32 Å². The zero-order valence-corrected chi connectivity index (χ0v) is 14.6. The molecule has 2 aromatic carbocycles. The number of para-hydroxylation sites is 1. The van der Waals surface area contributed by atoms with Crippen molar-refractivity contribution in [1.29, 1.82) is 0 Å². The van der Waals surface area contributed by atoms with Crippen molar-refractivity contribution >= 4 is 17.5 Å². The van der Waals surface area contributed by atoms with Gasteiger partial charge in [-0.05, 0) is 36.2 Å². The minimum atomic E-state index is -0.0253. The van der Waals surface area contributed by atoms with Crippen molar-refractivity contribution in [2.45, 2.75) is 19.4 Å². The Kier molecular flexibility index (Phi) is 6.01. The highest BCUT2D eigenvalue weighted by Crippen LogP contribution is 2.38. The van der Waals surface area contributed by atoms with Crippen LogP contribution in [0.15, 0.2) is 42.5 Å². The third kappa shape index (κ3) is 5.03. The molecule has 0 aliphatic carbocycles. The van der Waals surface area contributed by atoms with Crippen molar-refractivity contribution in [3.8, 4) is 17.2 Å². The first-order chi connectivity index (χ1) is 12.2. The standard InChI is InChI=1S/C19H20ClNO4/c20-16-11-14(12-17-19(16)25-10-9-24-17)13-21-18(22)7-4-8-23-15-5-2-1-3-6-15/h1-3,5-6,11-12H,4,7-10,13H2,(H,21,22). The molecule has 5 nitrogen and oxygen atoms in total. The summed E-state index contributed by atoms with van der Waals surface area (Å²) in [7, 11) is 0. The molecule has 25 heavy (non-hydrogen) atoms. The molecule has 0 fully saturated rings. The Hall–Kier alpha value is -2.40. The molecule has 0 saturated carbocycles. The molecular formula is C19H20ClNO4. The van der Waals surface area contributed by atoms with E-state index in [1.165, 1.54) is 0 Å². The molecule has 132 valence electrons. The van der Waals surface area contributed by atoms with Gasteiger partial charge in [-0.15, -0.1) is 0 Å². The van der Waals surface area contributed by atoms with Crippen molar-refractivity contribution in [3.05, 3.63) is 53.1 Å². The second kappa shape index (κ2) is 8.62. The van der Waals surface area contributed by atoms with Crippen LogP contribution in [0.4, 0.5) is 0 Å². The Balaban J connectivity index is 1.41. The molecule has 0 atom stereocenters. The van der Waals surface area contributed by atoms with Gasteiger partial charge in [0.2, 0.25) is 5.91 Å². The van der Waals surface area contributed by atoms with Crippen LogP contribution in [0, 0.1) is 0 Å². The molecule has 0 spiro atoms. The number of halogens is 1. The fourth-order valence-corrected chi connectivity index (χ4v) is 2.78. The van der Waals surface area contributed by atoms with Crippen molar-refractivity contribution in [3.63, 3.8) is 0 Å². The topological polar surface area (TPSA) is 56.8 Å². The molecule has 0 radical (unpaired) electrons. The fourth-order valence-electron chi connectivity index (χ4n) is 2.49. The zero-order valence-electron chi connectivity index (χ0n) is 13.8. The molecule has 0 aromatic heterocycles. The molecule has 0 unspecified atom stereocenters. The summed E-state index contributed by atoms with van der Waals surface area (Å²) in [6.07, 6.45) is 1.06. The monoisotopic (exact) mass is 361 g/mol. The van der Waals surface area contributed by atoms with Gasteiger partial charge in [-0.1, -0.05) is 29.8 Å². The Labute approximate surface area is 151 Å². The first kappa shape index (κ1) is 17.4. The normalized spacial score (nSPS) is 12.5. The van der Waals surface area contributed by atoms with Crippen LogP contribution >= 0.6 is 11.6 Å². The maximum absolute atomic E-state index is 11.9. The number of fused-ring (bicyclic) bond motifs is 1. The Morgan fingerprint density at radius 1 is 1.16 bits per heavy atom. The van der Waals surface area contributed by atoms with Crippen LogP contribution in [0.2, 0.25) is 5.02 Å². The predicted molar refractivity (Wildman–Crippen MR) is 95.5 cm³/mol. The van der Waals surface area contributed by atoms with Gasteiger partial charge in [0.25, 0.3) is 0 Å². The van der Waals surface area contributed by atoms with Crippen LogP contribution in [0.25, 0.3) is 0 Å². The molecule has 1 heterocycles. The van der Waals surface area contributed by atoms with Crippen molar-refractivity contribution in [2.75, 3.05) is 19.8 Å². The number of nitrogens with one attached hydrogen (secondary N) is 1. The van der Waals surface area contributed by atoms with Gasteiger partial charge in [-0.25, -0.2) is 0 Å². The van der Waals surface area contributed by atoms with Gasteiger partial charge >= 0.3 is 0 Å². The number of rotatable bonds is 7. The number of hydrogen-bond acceptors (Lipinski definition) is 4. The summed E-state index contributed by atoms with van der Waals surface area (Å²) < 4.78 is 16.6. The minimum Gasteiger partial charge on any atom is -0.494 e. The molecule has 1 amide bonds. The van der Waals surface area contributed by atoms with Crippen LogP contribution < -0.4 is 19.5 Å². The number of amides is 1. The van der Waals surface area contributed by atoms with Crippen LogP contribution in [0.3, 0.4) is 0 Å². The Bertz CT molecular complexity index is 721. The maximum atomic E-state index is 11.9. The smallest absolute Gasteiger partial charge is 0.220 e. The second-order valence-corrected chi connectivity index (χ2v) is 6.05. The van der Waals surface area contributed by atoms with Gasteiger partial charge in [-0.3, -0.25) is 4.79 Å². The second-order valence-electron chi connectivity index (χ2n) is 5.64.